The van der Waals surface area contributed by atoms with Crippen LogP contribution in [0.1, 0.15) is 33.0 Å². The van der Waals surface area contributed by atoms with Crippen LogP contribution < -0.4 is 10.6 Å². The molecular formula is C13H25N5S. The third-order valence-corrected chi connectivity index (χ3v) is 4.65. The van der Waals surface area contributed by atoms with Crippen LogP contribution in [0.5, 0.6) is 0 Å². The number of hydrogen-bond donors (Lipinski definition) is 1. The molecule has 5 nitrogen and oxygen atoms in total. The van der Waals surface area contributed by atoms with E-state index in [9.17, 15) is 0 Å². The van der Waals surface area contributed by atoms with Crippen molar-refractivity contribution in [2.24, 2.45) is 5.73 Å². The van der Waals surface area contributed by atoms with Crippen molar-refractivity contribution in [2.45, 2.75) is 39.2 Å². The molecule has 1 aromatic rings. The Hall–Kier alpha value is -0.720. The van der Waals surface area contributed by atoms with Crippen LogP contribution in [0.3, 0.4) is 0 Å². The van der Waals surface area contributed by atoms with E-state index in [2.05, 4.69) is 39.9 Å². The number of piperazine rings is 1. The predicted molar refractivity (Wildman–Crippen MR) is 80.8 cm³/mol. The number of anilines is 1. The lowest BCUT2D eigenvalue weighted by Gasteiger charge is -2.43. The highest BCUT2D eigenvalue weighted by atomic mass is 32.1. The molecule has 1 aromatic heterocycles. The van der Waals surface area contributed by atoms with E-state index in [1.54, 1.807) is 0 Å². The van der Waals surface area contributed by atoms with Crippen LogP contribution >= 0.6 is 11.5 Å². The van der Waals surface area contributed by atoms with Crippen molar-refractivity contribution in [1.82, 2.24) is 14.3 Å². The molecule has 2 rings (SSSR count). The molecule has 0 radical (unpaired) electrons. The van der Waals surface area contributed by atoms with Gasteiger partial charge in [0.15, 0.2) is 0 Å². The summed E-state index contributed by atoms with van der Waals surface area (Å²) < 4.78 is 4.42. The minimum atomic E-state index is 0.0978. The van der Waals surface area contributed by atoms with Gasteiger partial charge in [0, 0.05) is 56.2 Å². The Labute approximate surface area is 120 Å². The molecule has 2 heterocycles. The average Bonchev–Trinajstić information content (AvgIpc) is 2.88. The molecule has 1 fully saturated rings. The summed E-state index contributed by atoms with van der Waals surface area (Å²) in [5, 5.41) is 1.08. The Morgan fingerprint density at radius 1 is 1.26 bits per heavy atom. The number of rotatable bonds is 5. The van der Waals surface area contributed by atoms with Gasteiger partial charge < -0.3 is 10.6 Å². The normalized spacial score (nSPS) is 18.0. The van der Waals surface area contributed by atoms with Crippen molar-refractivity contribution in [3.05, 3.63) is 5.82 Å². The van der Waals surface area contributed by atoms with E-state index in [0.717, 1.165) is 50.0 Å². The predicted octanol–water partition coefficient (Wildman–Crippen LogP) is 1.35. The summed E-state index contributed by atoms with van der Waals surface area (Å²) in [4.78, 5) is 9.44. The van der Waals surface area contributed by atoms with Crippen LogP contribution in [-0.2, 0) is 6.42 Å². The zero-order valence-corrected chi connectivity index (χ0v) is 13.0. The van der Waals surface area contributed by atoms with Crippen LogP contribution in [0, 0.1) is 0 Å². The Balaban J connectivity index is 1.92. The smallest absolute Gasteiger partial charge is 0.205 e. The van der Waals surface area contributed by atoms with Gasteiger partial charge in [-0.15, -0.1) is 0 Å². The SMILES string of the molecule is CCCc1nsc(N2CCN(C(C)(C)CN)CC2)n1. The number of aryl methyl sites for hydroxylation is 1. The largest absolute Gasteiger partial charge is 0.344 e. The standard InChI is InChI=1S/C13H25N5S/c1-4-5-11-15-12(19-16-11)17-6-8-18(9-7-17)13(2,3)10-14/h4-10,14H2,1-3H3. The zero-order valence-electron chi connectivity index (χ0n) is 12.2. The van der Waals surface area contributed by atoms with Crippen molar-refractivity contribution in [2.75, 3.05) is 37.6 Å². The first-order valence-electron chi connectivity index (χ1n) is 7.09. The Morgan fingerprint density at radius 3 is 2.53 bits per heavy atom. The molecule has 0 atom stereocenters. The van der Waals surface area contributed by atoms with Gasteiger partial charge in [-0.3, -0.25) is 4.90 Å². The van der Waals surface area contributed by atoms with Gasteiger partial charge in [-0.05, 0) is 20.3 Å². The summed E-state index contributed by atoms with van der Waals surface area (Å²) in [6, 6.07) is 0. The van der Waals surface area contributed by atoms with Crippen LogP contribution in [0.4, 0.5) is 5.13 Å². The molecule has 0 saturated carbocycles. The molecule has 1 aliphatic heterocycles. The summed E-state index contributed by atoms with van der Waals surface area (Å²) in [7, 11) is 0. The molecule has 6 heteroatoms. The van der Waals surface area contributed by atoms with E-state index >= 15 is 0 Å². The highest BCUT2D eigenvalue weighted by Crippen LogP contribution is 2.22. The molecule has 0 aromatic carbocycles. The van der Waals surface area contributed by atoms with Crippen LogP contribution in [-0.4, -0.2) is 52.5 Å². The van der Waals surface area contributed by atoms with Gasteiger partial charge in [0.25, 0.3) is 0 Å². The second-order valence-electron chi connectivity index (χ2n) is 5.73. The van der Waals surface area contributed by atoms with Crippen molar-refractivity contribution in [3.8, 4) is 0 Å². The van der Waals surface area contributed by atoms with Gasteiger partial charge in [0.2, 0.25) is 5.13 Å². The molecule has 0 unspecified atom stereocenters. The van der Waals surface area contributed by atoms with Crippen molar-refractivity contribution >= 4 is 16.7 Å². The summed E-state index contributed by atoms with van der Waals surface area (Å²) in [6.45, 7) is 11.4. The number of nitrogens with two attached hydrogens (primary N) is 1. The highest BCUT2D eigenvalue weighted by molar-refractivity contribution is 7.09. The fourth-order valence-electron chi connectivity index (χ4n) is 2.33. The van der Waals surface area contributed by atoms with Crippen molar-refractivity contribution in [3.63, 3.8) is 0 Å². The van der Waals surface area contributed by atoms with Crippen molar-refractivity contribution < 1.29 is 0 Å². The molecule has 2 N–H and O–H groups in total. The van der Waals surface area contributed by atoms with Gasteiger partial charge in [-0.1, -0.05) is 6.92 Å². The molecule has 0 amide bonds. The van der Waals surface area contributed by atoms with Crippen LogP contribution in [0.2, 0.25) is 0 Å². The first kappa shape index (κ1) is 14.7. The molecule has 1 saturated heterocycles. The van der Waals surface area contributed by atoms with E-state index in [1.165, 1.54) is 11.5 Å². The van der Waals surface area contributed by atoms with Crippen molar-refractivity contribution in [1.29, 1.82) is 0 Å². The maximum Gasteiger partial charge on any atom is 0.205 e. The zero-order chi connectivity index (χ0) is 13.9. The average molecular weight is 283 g/mol. The van der Waals surface area contributed by atoms with E-state index in [0.29, 0.717) is 6.54 Å². The van der Waals surface area contributed by atoms with E-state index in [-0.39, 0.29) is 5.54 Å². The van der Waals surface area contributed by atoms with E-state index in [4.69, 9.17) is 5.73 Å². The molecule has 0 spiro atoms. The topological polar surface area (TPSA) is 58.3 Å². The van der Waals surface area contributed by atoms with E-state index in [1.807, 2.05) is 0 Å². The molecule has 19 heavy (non-hydrogen) atoms. The Morgan fingerprint density at radius 2 is 1.95 bits per heavy atom. The van der Waals surface area contributed by atoms with Gasteiger partial charge in [0.05, 0.1) is 0 Å². The molecule has 1 aliphatic rings. The lowest BCUT2D eigenvalue weighted by atomic mass is 10.0. The number of nitrogens with zero attached hydrogens (tertiary/aromatic N) is 4. The Bertz CT molecular complexity index is 395. The lowest BCUT2D eigenvalue weighted by molar-refractivity contribution is 0.119. The van der Waals surface area contributed by atoms with Crippen LogP contribution in [0.15, 0.2) is 0 Å². The lowest BCUT2D eigenvalue weighted by Crippen LogP contribution is -2.57. The maximum absolute atomic E-state index is 5.84. The fourth-order valence-corrected chi connectivity index (χ4v) is 3.09. The third-order valence-electron chi connectivity index (χ3n) is 3.84. The van der Waals surface area contributed by atoms with Crippen LogP contribution in [0.25, 0.3) is 0 Å². The monoisotopic (exact) mass is 283 g/mol. The summed E-state index contributed by atoms with van der Waals surface area (Å²) in [6.07, 6.45) is 2.09. The molecule has 0 bridgehead atoms. The number of aromatic nitrogens is 2. The molecule has 108 valence electrons. The fraction of sp³-hybridized carbons (Fsp3) is 0.846. The first-order valence-corrected chi connectivity index (χ1v) is 7.87. The highest BCUT2D eigenvalue weighted by Gasteiger charge is 2.29. The molecule has 0 aliphatic carbocycles. The van der Waals surface area contributed by atoms with E-state index < -0.39 is 0 Å². The van der Waals surface area contributed by atoms with Gasteiger partial charge >= 0.3 is 0 Å². The molecular weight excluding hydrogens is 258 g/mol. The second-order valence-corrected chi connectivity index (χ2v) is 6.46. The van der Waals surface area contributed by atoms with Gasteiger partial charge in [-0.25, -0.2) is 4.98 Å². The first-order chi connectivity index (χ1) is 9.06. The third kappa shape index (κ3) is 3.43. The second kappa shape index (κ2) is 6.15. The number of hydrogen-bond acceptors (Lipinski definition) is 6. The Kier molecular flexibility index (Phi) is 4.76. The van der Waals surface area contributed by atoms with Gasteiger partial charge in [0.1, 0.15) is 5.82 Å². The van der Waals surface area contributed by atoms with Gasteiger partial charge in [-0.2, -0.15) is 4.37 Å². The minimum Gasteiger partial charge on any atom is -0.344 e. The summed E-state index contributed by atoms with van der Waals surface area (Å²) >= 11 is 1.53. The summed E-state index contributed by atoms with van der Waals surface area (Å²) in [5.74, 6) is 0.993. The summed E-state index contributed by atoms with van der Waals surface area (Å²) in [5.41, 5.74) is 5.94. The quantitative estimate of drug-likeness (QED) is 0.884. The minimum absolute atomic E-state index is 0.0978. The maximum atomic E-state index is 5.84.